The predicted molar refractivity (Wildman–Crippen MR) is 104 cm³/mol. The monoisotopic (exact) mass is 452 g/mol. The van der Waals surface area contributed by atoms with Crippen LogP contribution in [0.25, 0.3) is 0 Å². The number of rotatable bonds is 14. The summed E-state index contributed by atoms with van der Waals surface area (Å²) in [4.78, 5) is 50.8. The van der Waals surface area contributed by atoms with Gasteiger partial charge in [0.15, 0.2) is 0 Å². The summed E-state index contributed by atoms with van der Waals surface area (Å²) >= 11 is -4.98. The molecule has 9 heteroatoms. The summed E-state index contributed by atoms with van der Waals surface area (Å²) in [5.41, 5.74) is -1.77. The fraction of sp³-hybridized carbons (Fsp3) is 0.800. The Morgan fingerprint density at radius 2 is 0.966 bits per heavy atom. The molecule has 0 aromatic heterocycles. The summed E-state index contributed by atoms with van der Waals surface area (Å²) < 4.78 is 20.8. The van der Waals surface area contributed by atoms with Gasteiger partial charge in [0.25, 0.3) is 0 Å². The quantitative estimate of drug-likeness (QED) is 0.293. The molecule has 0 spiro atoms. The normalized spacial score (nSPS) is 12.7. The van der Waals surface area contributed by atoms with E-state index >= 15 is 0 Å². The number of ether oxygens (including phenoxy) is 2. The van der Waals surface area contributed by atoms with E-state index in [-0.39, 0.29) is 13.2 Å². The van der Waals surface area contributed by atoms with Gasteiger partial charge < -0.3 is 0 Å². The molecule has 29 heavy (non-hydrogen) atoms. The molecule has 0 rings (SSSR count). The van der Waals surface area contributed by atoms with Crippen LogP contribution in [0.3, 0.4) is 0 Å². The molecule has 0 fully saturated rings. The summed E-state index contributed by atoms with van der Waals surface area (Å²) in [6, 6.07) is 0. The van der Waals surface area contributed by atoms with Crippen LogP contribution in [0.5, 0.6) is 0 Å². The molecule has 0 saturated carbocycles. The van der Waals surface area contributed by atoms with E-state index < -0.39 is 61.2 Å². The van der Waals surface area contributed by atoms with Crippen molar-refractivity contribution in [2.45, 2.75) is 79.4 Å². The van der Waals surface area contributed by atoms with E-state index in [4.69, 9.17) is 16.1 Å². The maximum absolute atomic E-state index is 13.2. The Labute approximate surface area is 178 Å². The topological polar surface area (TPSA) is 105 Å². The van der Waals surface area contributed by atoms with Gasteiger partial charge in [0, 0.05) is 0 Å². The number of hydrogen-bond donors (Lipinski definition) is 0. The molecule has 0 aliphatic carbocycles. The van der Waals surface area contributed by atoms with Crippen LogP contribution >= 0.6 is 0 Å². The molecule has 0 saturated heterocycles. The molecule has 0 heterocycles. The predicted octanol–water partition coefficient (Wildman–Crippen LogP) is 2.65. The van der Waals surface area contributed by atoms with Crippen LogP contribution < -0.4 is 0 Å². The standard InChI is InChI=1S/2C6H9O3.2C4H9O.Ti/c2*1-2-9-5-6(8)3-4-7;2*1-4(2,3)5;/h2*2-3,5H2,1H3;2*1-3H3;/q;;2*-1;+2. The first-order chi connectivity index (χ1) is 13.2. The van der Waals surface area contributed by atoms with Crippen molar-refractivity contribution < 1.29 is 52.7 Å². The zero-order valence-corrected chi connectivity index (χ0v) is 20.6. The second-order valence-electron chi connectivity index (χ2n) is 8.60. The van der Waals surface area contributed by atoms with E-state index in [1.54, 1.807) is 55.4 Å². The number of Topliss-reactive ketones (excluding diaryl/α,β-unsaturated/α-hetero) is 2. The molecular formula is C20H36O8Ti. The Morgan fingerprint density at radius 1 is 0.655 bits per heavy atom. The fourth-order valence-electron chi connectivity index (χ4n) is 2.39. The van der Waals surface area contributed by atoms with Crippen molar-refractivity contribution >= 4 is 19.7 Å². The van der Waals surface area contributed by atoms with Gasteiger partial charge in [-0.25, -0.2) is 0 Å². The van der Waals surface area contributed by atoms with Gasteiger partial charge in [-0.15, -0.1) is 0 Å². The first-order valence-corrected chi connectivity index (χ1v) is 12.7. The molecule has 0 amide bonds. The Kier molecular flexibility index (Phi) is 11.9. The van der Waals surface area contributed by atoms with Crippen molar-refractivity contribution in [2.75, 3.05) is 26.4 Å². The van der Waals surface area contributed by atoms with Gasteiger partial charge in [0.2, 0.25) is 0 Å². The van der Waals surface area contributed by atoms with Gasteiger partial charge in [0.05, 0.1) is 0 Å². The maximum atomic E-state index is 13.2. The van der Waals surface area contributed by atoms with Crippen LogP contribution in [0.4, 0.5) is 0 Å². The van der Waals surface area contributed by atoms with Crippen LogP contribution in [0.2, 0.25) is 0 Å². The first-order valence-electron chi connectivity index (χ1n) is 9.82. The third-order valence-electron chi connectivity index (χ3n) is 3.28. The van der Waals surface area contributed by atoms with Gasteiger partial charge in [0.1, 0.15) is 0 Å². The van der Waals surface area contributed by atoms with Crippen molar-refractivity contribution in [2.24, 2.45) is 0 Å². The summed E-state index contributed by atoms with van der Waals surface area (Å²) in [5.74, 6) is -0.925. The van der Waals surface area contributed by atoms with Crippen molar-refractivity contribution in [3.63, 3.8) is 0 Å². The van der Waals surface area contributed by atoms with Gasteiger partial charge in [-0.1, -0.05) is 0 Å². The number of carbonyl (C=O) groups is 4. The molecule has 0 unspecified atom stereocenters. The zero-order valence-electron chi connectivity index (χ0n) is 19.0. The summed E-state index contributed by atoms with van der Waals surface area (Å²) in [5, 5.41) is 0. The Bertz CT molecular complexity index is 534. The second-order valence-corrected chi connectivity index (χ2v) is 12.9. The van der Waals surface area contributed by atoms with Crippen molar-refractivity contribution in [3.8, 4) is 0 Å². The molecule has 0 N–H and O–H groups in total. The molecule has 8 nitrogen and oxygen atoms in total. The summed E-state index contributed by atoms with van der Waals surface area (Å²) in [6.45, 7) is 13.8. The average Bonchev–Trinajstić information content (AvgIpc) is 2.54. The van der Waals surface area contributed by atoms with Crippen molar-refractivity contribution in [1.82, 2.24) is 0 Å². The van der Waals surface area contributed by atoms with Gasteiger partial charge >= 0.3 is 178 Å². The molecule has 0 radical (unpaired) electrons. The fourth-order valence-corrected chi connectivity index (χ4v) is 7.69. The SMILES string of the molecule is CCOCC(=O)C[C](=O)[Ti]([O]C(C)(C)C)([O]C(C)(C)C)[C](=O)CC(=O)COCC. The van der Waals surface area contributed by atoms with E-state index in [2.05, 4.69) is 0 Å². The van der Waals surface area contributed by atoms with E-state index in [1.807, 2.05) is 0 Å². The summed E-state index contributed by atoms with van der Waals surface area (Å²) in [7, 11) is 0. The van der Waals surface area contributed by atoms with E-state index in [0.29, 0.717) is 13.2 Å². The third kappa shape index (κ3) is 11.3. The average molecular weight is 452 g/mol. The van der Waals surface area contributed by atoms with Crippen molar-refractivity contribution in [3.05, 3.63) is 0 Å². The van der Waals surface area contributed by atoms with Gasteiger partial charge in [-0.3, -0.25) is 0 Å². The molecule has 0 aromatic rings. The minimum atomic E-state index is -4.98. The van der Waals surface area contributed by atoms with Gasteiger partial charge in [-0.2, -0.15) is 0 Å². The van der Waals surface area contributed by atoms with Crippen molar-refractivity contribution in [1.29, 1.82) is 0 Å². The van der Waals surface area contributed by atoms with Gasteiger partial charge in [-0.05, 0) is 0 Å². The van der Waals surface area contributed by atoms with Crippen LogP contribution in [-0.2, 0) is 52.7 Å². The van der Waals surface area contributed by atoms with E-state index in [1.165, 1.54) is 0 Å². The first kappa shape index (κ1) is 28.2. The van der Waals surface area contributed by atoms with E-state index in [9.17, 15) is 19.2 Å². The second kappa shape index (κ2) is 12.2. The number of carbonyl (C=O) groups excluding carboxylic acids is 4. The molecule has 0 aliphatic rings. The molecule has 168 valence electrons. The van der Waals surface area contributed by atoms with E-state index in [0.717, 1.165) is 0 Å². The van der Waals surface area contributed by atoms with Crippen LogP contribution in [0.15, 0.2) is 0 Å². The summed E-state index contributed by atoms with van der Waals surface area (Å²) in [6.07, 6.45) is -1.06. The molecule has 0 atom stereocenters. The minimum absolute atomic E-state index is 0.233. The number of hydrogen-bond acceptors (Lipinski definition) is 8. The molecule has 0 aromatic carbocycles. The zero-order chi connectivity index (χ0) is 22.9. The molecular weight excluding hydrogens is 416 g/mol. The van der Waals surface area contributed by atoms with Crippen LogP contribution in [-0.4, -0.2) is 57.4 Å². The Morgan fingerprint density at radius 3 is 1.21 bits per heavy atom. The van der Waals surface area contributed by atoms with Crippen LogP contribution in [0, 0.1) is 0 Å². The molecule has 0 aliphatic heterocycles. The number of ketones is 2. The van der Waals surface area contributed by atoms with Crippen LogP contribution in [0.1, 0.15) is 68.2 Å². The third-order valence-corrected chi connectivity index (χ3v) is 8.94. The Balaban J connectivity index is 5.98. The molecule has 0 bridgehead atoms. The Hall–Kier alpha value is -0.766.